The summed E-state index contributed by atoms with van der Waals surface area (Å²) in [7, 11) is 0. The molecule has 2 atom stereocenters. The highest BCUT2D eigenvalue weighted by atomic mass is 16.5. The van der Waals surface area contributed by atoms with Crippen LogP contribution in [0.4, 0.5) is 0 Å². The summed E-state index contributed by atoms with van der Waals surface area (Å²) in [5.41, 5.74) is 5.47. The molecule has 7 heteroatoms. The van der Waals surface area contributed by atoms with Crippen molar-refractivity contribution in [2.24, 2.45) is 5.73 Å². The van der Waals surface area contributed by atoms with Gasteiger partial charge in [-0.3, -0.25) is 9.59 Å². The van der Waals surface area contributed by atoms with Crippen LogP contribution < -0.4 is 11.1 Å². The number of ether oxygens (including phenoxy) is 1. The third-order valence-electron chi connectivity index (χ3n) is 9.32. The highest BCUT2D eigenvalue weighted by molar-refractivity contribution is 5.83. The highest BCUT2D eigenvalue weighted by Gasteiger charge is 2.18. The summed E-state index contributed by atoms with van der Waals surface area (Å²) in [6, 6.07) is -0.865. The van der Waals surface area contributed by atoms with E-state index in [0.29, 0.717) is 32.2 Å². The molecule has 7 nitrogen and oxygen atoms in total. The molecule has 4 N–H and O–H groups in total. The van der Waals surface area contributed by atoms with Crippen LogP contribution in [0.3, 0.4) is 0 Å². The van der Waals surface area contributed by atoms with Gasteiger partial charge in [-0.2, -0.15) is 0 Å². The summed E-state index contributed by atoms with van der Waals surface area (Å²) >= 11 is 0. The Bertz CT molecular complexity index is 1270. The summed E-state index contributed by atoms with van der Waals surface area (Å²) < 4.78 is 5.92. The number of carbonyl (C=O) groups is 3. The van der Waals surface area contributed by atoms with E-state index in [1.54, 1.807) is 0 Å². The number of carboxylic acids is 1. The van der Waals surface area contributed by atoms with Crippen molar-refractivity contribution in [2.45, 2.75) is 187 Å². The van der Waals surface area contributed by atoms with Crippen molar-refractivity contribution in [2.75, 3.05) is 6.54 Å². The molecule has 0 spiro atoms. The predicted molar refractivity (Wildman–Crippen MR) is 248 cm³/mol. The third-order valence-corrected chi connectivity index (χ3v) is 9.32. The van der Waals surface area contributed by atoms with Crippen LogP contribution in [0, 0.1) is 0 Å². The number of allylic oxidation sites excluding steroid dienone is 17. The lowest BCUT2D eigenvalue weighted by molar-refractivity contribution is -0.147. The van der Waals surface area contributed by atoms with Crippen molar-refractivity contribution in [3.8, 4) is 0 Å². The first-order valence-corrected chi connectivity index (χ1v) is 22.7. The second-order valence-corrected chi connectivity index (χ2v) is 14.7. The van der Waals surface area contributed by atoms with Gasteiger partial charge in [0.25, 0.3) is 0 Å². The van der Waals surface area contributed by atoms with E-state index in [1.807, 2.05) is 6.08 Å². The lowest BCUT2D eigenvalue weighted by Crippen LogP contribution is -2.40. The summed E-state index contributed by atoms with van der Waals surface area (Å²) in [4.78, 5) is 36.3. The number of nitrogens with one attached hydrogen (secondary N) is 1. The Labute approximate surface area is 354 Å². The van der Waals surface area contributed by atoms with Crippen LogP contribution in [0.25, 0.3) is 0 Å². The molecule has 0 rings (SSSR count). The zero-order valence-corrected chi connectivity index (χ0v) is 36.6. The maximum atomic E-state index is 12.7. The molecule has 1 amide bonds. The first kappa shape index (κ1) is 54.0. The predicted octanol–water partition coefficient (Wildman–Crippen LogP) is 13.2. The number of rotatable bonds is 39. The average Bonchev–Trinajstić information content (AvgIpc) is 3.21. The maximum absolute atomic E-state index is 12.7. The fourth-order valence-electron chi connectivity index (χ4n) is 5.97. The number of carbonyl (C=O) groups excluding carboxylic acids is 2. The molecule has 0 fully saturated rings. The number of hydrogen-bond donors (Lipinski definition) is 3. The number of aliphatic carboxylic acids is 1. The minimum atomic E-state index is -1.01. The first-order chi connectivity index (χ1) is 28.4. The number of hydrogen-bond acceptors (Lipinski definition) is 5. The average molecular weight is 803 g/mol. The monoisotopic (exact) mass is 803 g/mol. The molecule has 0 aromatic heterocycles. The minimum Gasteiger partial charge on any atom is -0.480 e. The van der Waals surface area contributed by atoms with Crippen molar-refractivity contribution >= 4 is 17.8 Å². The van der Waals surface area contributed by atoms with E-state index in [4.69, 9.17) is 10.5 Å². The second kappa shape index (κ2) is 44.1. The molecule has 0 aliphatic carbocycles. The van der Waals surface area contributed by atoms with E-state index in [1.165, 1.54) is 0 Å². The molecule has 326 valence electrons. The van der Waals surface area contributed by atoms with E-state index in [2.05, 4.69) is 122 Å². The second-order valence-electron chi connectivity index (χ2n) is 14.7. The molecule has 0 aromatic carbocycles. The Morgan fingerprint density at radius 3 is 1.45 bits per heavy atom. The van der Waals surface area contributed by atoms with Crippen LogP contribution >= 0.6 is 0 Å². The topological polar surface area (TPSA) is 119 Å². The Balaban J connectivity index is 4.29. The van der Waals surface area contributed by atoms with Crippen molar-refractivity contribution in [3.63, 3.8) is 0 Å². The quantitative estimate of drug-likeness (QED) is 0.0323. The van der Waals surface area contributed by atoms with Crippen molar-refractivity contribution in [3.05, 3.63) is 109 Å². The molecule has 58 heavy (non-hydrogen) atoms. The lowest BCUT2D eigenvalue weighted by atomic mass is 10.0. The van der Waals surface area contributed by atoms with Crippen LogP contribution in [0.1, 0.15) is 174 Å². The first-order valence-electron chi connectivity index (χ1n) is 22.7. The summed E-state index contributed by atoms with van der Waals surface area (Å²) in [5, 5.41) is 11.9. The smallest absolute Gasteiger partial charge is 0.326 e. The molecule has 0 saturated carbocycles. The Hall–Kier alpha value is -3.97. The van der Waals surface area contributed by atoms with Crippen molar-refractivity contribution in [1.82, 2.24) is 5.32 Å². The van der Waals surface area contributed by atoms with Gasteiger partial charge in [0.15, 0.2) is 0 Å². The van der Waals surface area contributed by atoms with E-state index in [-0.39, 0.29) is 18.0 Å². The van der Waals surface area contributed by atoms with Gasteiger partial charge in [-0.1, -0.05) is 156 Å². The van der Waals surface area contributed by atoms with Gasteiger partial charge in [-0.05, 0) is 122 Å². The zero-order valence-electron chi connectivity index (χ0n) is 36.6. The number of nitrogens with two attached hydrogens (primary N) is 1. The molecule has 0 bridgehead atoms. The fourth-order valence-corrected chi connectivity index (χ4v) is 5.97. The van der Waals surface area contributed by atoms with Gasteiger partial charge in [-0.15, -0.1) is 0 Å². The summed E-state index contributed by atoms with van der Waals surface area (Å²) in [6.45, 7) is 4.69. The number of amides is 1. The zero-order chi connectivity index (χ0) is 42.4. The van der Waals surface area contributed by atoms with Crippen LogP contribution in [0.5, 0.6) is 0 Å². The Morgan fingerprint density at radius 2 is 0.948 bits per heavy atom. The molecule has 0 aromatic rings. The molecule has 0 aliphatic heterocycles. The maximum Gasteiger partial charge on any atom is 0.326 e. The number of unbranched alkanes of at least 4 members (excludes halogenated alkanes) is 9. The largest absolute Gasteiger partial charge is 0.480 e. The third kappa shape index (κ3) is 40.2. The number of carboxylic acid groups (broad SMARTS) is 1. The van der Waals surface area contributed by atoms with E-state index in [0.717, 1.165) is 135 Å². The van der Waals surface area contributed by atoms with E-state index in [9.17, 15) is 19.5 Å². The normalized spacial score (nSPS) is 13.7. The molecule has 0 aliphatic rings. The van der Waals surface area contributed by atoms with Gasteiger partial charge in [-0.25, -0.2) is 4.79 Å². The van der Waals surface area contributed by atoms with Gasteiger partial charge in [0.05, 0.1) is 0 Å². The van der Waals surface area contributed by atoms with Crippen LogP contribution in [0.15, 0.2) is 109 Å². The molecule has 0 radical (unpaired) electrons. The summed E-state index contributed by atoms with van der Waals surface area (Å²) in [6.07, 6.45) is 61.6. The van der Waals surface area contributed by atoms with Gasteiger partial charge in [0.1, 0.15) is 12.1 Å². The fraction of sp³-hybridized carbons (Fsp3) is 0.588. The van der Waals surface area contributed by atoms with E-state index < -0.39 is 12.0 Å². The van der Waals surface area contributed by atoms with Gasteiger partial charge < -0.3 is 20.9 Å². The molecular formula is C51H82N2O5. The molecular weight excluding hydrogens is 721 g/mol. The standard InChI is InChI=1S/C51H82N2O5/c1-3-5-7-9-11-13-14-15-16-17-18-19-20-21-22-23-24-25-26-27-29-35-39-45-50(55)58-47(41-36-32-28-12-10-8-6-4-2)42-37-33-30-31-34-38-44-49(54)53-48(51(56)57)43-40-46-52/h5-8,11-13,15-16,18-19,21-22,24-25,28,36,41,47-48H,3-4,9-10,14,17,20,23,26-27,29-35,37-40,42-46,52H2,1-2H3,(H,53,54)(H,56,57)/b7-5-,8-6-,13-11-,16-15-,19-18-,22-21-,25-24-,28-12-,41-36-. The molecule has 0 saturated heterocycles. The van der Waals surface area contributed by atoms with Crippen LogP contribution in [0.2, 0.25) is 0 Å². The minimum absolute atomic E-state index is 0.113. The molecule has 2 unspecified atom stereocenters. The Morgan fingerprint density at radius 1 is 0.517 bits per heavy atom. The SMILES string of the molecule is CC/C=C\C/C=C\C/C=C\C/C=C\C/C=C\C/C=C\CCCCCCC(=O)OC(/C=C\C/C=C\C/C=C\CC)CCCCCCCCC(=O)NC(CCCN)C(=O)O. The van der Waals surface area contributed by atoms with Gasteiger partial charge >= 0.3 is 11.9 Å². The van der Waals surface area contributed by atoms with Crippen LogP contribution in [-0.2, 0) is 19.1 Å². The van der Waals surface area contributed by atoms with Crippen molar-refractivity contribution < 1.29 is 24.2 Å². The summed E-state index contributed by atoms with van der Waals surface area (Å²) in [5.74, 6) is -1.34. The van der Waals surface area contributed by atoms with E-state index >= 15 is 0 Å². The van der Waals surface area contributed by atoms with Gasteiger partial charge in [0.2, 0.25) is 5.91 Å². The highest BCUT2D eigenvalue weighted by Crippen LogP contribution is 2.15. The lowest BCUT2D eigenvalue weighted by Gasteiger charge is -2.15. The van der Waals surface area contributed by atoms with Crippen LogP contribution in [-0.4, -0.2) is 41.6 Å². The number of esters is 1. The van der Waals surface area contributed by atoms with Gasteiger partial charge in [0, 0.05) is 12.8 Å². The van der Waals surface area contributed by atoms with Crippen molar-refractivity contribution in [1.29, 1.82) is 0 Å². The Kier molecular flexibility index (Phi) is 41.1. The molecule has 0 heterocycles.